The minimum Gasteiger partial charge on any atom is -0.459 e. The lowest BCUT2D eigenvalue weighted by molar-refractivity contribution is -0.169. The fourth-order valence-electron chi connectivity index (χ4n) is 2.35. The Labute approximate surface area is 114 Å². The van der Waals surface area contributed by atoms with E-state index in [1.807, 2.05) is 0 Å². The SMILES string of the molecule is C=C(C)[C@H]1CC=C(COC(=O)[C@@H]2COCCO2)CC1. The molecule has 1 fully saturated rings. The van der Waals surface area contributed by atoms with E-state index in [2.05, 4.69) is 19.6 Å². The molecule has 2 aliphatic rings. The number of esters is 1. The minimum atomic E-state index is -0.555. The molecule has 2 atom stereocenters. The van der Waals surface area contributed by atoms with Crippen LogP contribution in [0.15, 0.2) is 23.8 Å². The lowest BCUT2D eigenvalue weighted by Crippen LogP contribution is -2.37. The molecule has 1 heterocycles. The van der Waals surface area contributed by atoms with Crippen LogP contribution < -0.4 is 0 Å². The van der Waals surface area contributed by atoms with Crippen LogP contribution in [0.25, 0.3) is 0 Å². The van der Waals surface area contributed by atoms with Gasteiger partial charge in [-0.25, -0.2) is 4.79 Å². The summed E-state index contributed by atoms with van der Waals surface area (Å²) in [5.41, 5.74) is 2.43. The van der Waals surface area contributed by atoms with Crippen molar-refractivity contribution in [2.75, 3.05) is 26.4 Å². The van der Waals surface area contributed by atoms with E-state index in [4.69, 9.17) is 14.2 Å². The summed E-state index contributed by atoms with van der Waals surface area (Å²) in [6, 6.07) is 0. The normalized spacial score (nSPS) is 27.5. The van der Waals surface area contributed by atoms with Crippen LogP contribution in [0.5, 0.6) is 0 Å². The predicted molar refractivity (Wildman–Crippen MR) is 71.8 cm³/mol. The van der Waals surface area contributed by atoms with E-state index in [-0.39, 0.29) is 5.97 Å². The quantitative estimate of drug-likeness (QED) is 0.578. The van der Waals surface area contributed by atoms with Crippen molar-refractivity contribution in [3.05, 3.63) is 23.8 Å². The van der Waals surface area contributed by atoms with E-state index in [9.17, 15) is 4.79 Å². The van der Waals surface area contributed by atoms with Crippen LogP contribution in [-0.4, -0.2) is 38.5 Å². The summed E-state index contributed by atoms with van der Waals surface area (Å²) in [7, 11) is 0. The van der Waals surface area contributed by atoms with Gasteiger partial charge in [0.1, 0.15) is 6.61 Å². The summed E-state index contributed by atoms with van der Waals surface area (Å²) in [4.78, 5) is 11.7. The van der Waals surface area contributed by atoms with Gasteiger partial charge < -0.3 is 14.2 Å². The van der Waals surface area contributed by atoms with Crippen molar-refractivity contribution in [2.45, 2.75) is 32.3 Å². The van der Waals surface area contributed by atoms with Crippen LogP contribution in [0.2, 0.25) is 0 Å². The molecule has 0 spiro atoms. The smallest absolute Gasteiger partial charge is 0.338 e. The second kappa shape index (κ2) is 6.87. The number of rotatable bonds is 4. The zero-order valence-electron chi connectivity index (χ0n) is 11.5. The first-order valence-electron chi connectivity index (χ1n) is 6.86. The van der Waals surface area contributed by atoms with Crippen LogP contribution >= 0.6 is 0 Å². The lowest BCUT2D eigenvalue weighted by atomic mass is 9.86. The van der Waals surface area contributed by atoms with Gasteiger partial charge in [0.15, 0.2) is 6.10 Å². The molecule has 0 aromatic carbocycles. The molecule has 4 heteroatoms. The van der Waals surface area contributed by atoms with Crippen molar-refractivity contribution in [1.82, 2.24) is 0 Å². The molecule has 4 nitrogen and oxygen atoms in total. The van der Waals surface area contributed by atoms with Crippen LogP contribution in [-0.2, 0) is 19.0 Å². The summed E-state index contributed by atoms with van der Waals surface area (Å²) in [6.45, 7) is 7.76. The molecule has 2 rings (SSSR count). The van der Waals surface area contributed by atoms with Crippen LogP contribution in [0.4, 0.5) is 0 Å². The highest BCUT2D eigenvalue weighted by Crippen LogP contribution is 2.28. The highest BCUT2D eigenvalue weighted by Gasteiger charge is 2.24. The summed E-state index contributed by atoms with van der Waals surface area (Å²) in [5.74, 6) is 0.261. The van der Waals surface area contributed by atoms with Crippen molar-refractivity contribution >= 4 is 5.97 Å². The van der Waals surface area contributed by atoms with Gasteiger partial charge in [-0.05, 0) is 37.7 Å². The minimum absolute atomic E-state index is 0.301. The second-order valence-corrected chi connectivity index (χ2v) is 5.22. The van der Waals surface area contributed by atoms with Gasteiger partial charge in [0.05, 0.1) is 19.8 Å². The van der Waals surface area contributed by atoms with Gasteiger partial charge in [-0.2, -0.15) is 0 Å². The number of hydrogen-bond acceptors (Lipinski definition) is 4. The summed E-state index contributed by atoms with van der Waals surface area (Å²) >= 11 is 0. The van der Waals surface area contributed by atoms with Crippen LogP contribution in [0.1, 0.15) is 26.2 Å². The fourth-order valence-corrected chi connectivity index (χ4v) is 2.35. The van der Waals surface area contributed by atoms with E-state index < -0.39 is 6.10 Å². The first-order valence-corrected chi connectivity index (χ1v) is 6.86. The molecule has 0 N–H and O–H groups in total. The van der Waals surface area contributed by atoms with Gasteiger partial charge in [-0.15, -0.1) is 0 Å². The Morgan fingerprint density at radius 3 is 2.95 bits per heavy atom. The van der Waals surface area contributed by atoms with Gasteiger partial charge in [0.25, 0.3) is 0 Å². The van der Waals surface area contributed by atoms with Gasteiger partial charge in [0, 0.05) is 0 Å². The van der Waals surface area contributed by atoms with Crippen molar-refractivity contribution in [3.63, 3.8) is 0 Å². The van der Waals surface area contributed by atoms with E-state index in [1.165, 1.54) is 11.1 Å². The van der Waals surface area contributed by atoms with Crippen LogP contribution in [0.3, 0.4) is 0 Å². The summed E-state index contributed by atoms with van der Waals surface area (Å²) < 4.78 is 15.8. The van der Waals surface area contributed by atoms with Gasteiger partial charge in [-0.3, -0.25) is 0 Å². The Hall–Kier alpha value is -1.13. The van der Waals surface area contributed by atoms with Gasteiger partial charge in [0.2, 0.25) is 0 Å². The molecule has 0 bridgehead atoms. The van der Waals surface area contributed by atoms with Crippen molar-refractivity contribution in [3.8, 4) is 0 Å². The molecule has 106 valence electrons. The monoisotopic (exact) mass is 266 g/mol. The molecule has 1 aliphatic carbocycles. The lowest BCUT2D eigenvalue weighted by Gasteiger charge is -2.24. The molecule has 0 aromatic rings. The van der Waals surface area contributed by atoms with E-state index in [1.54, 1.807) is 0 Å². The molecule has 0 saturated carbocycles. The topological polar surface area (TPSA) is 44.8 Å². The third kappa shape index (κ3) is 4.18. The Morgan fingerprint density at radius 2 is 2.37 bits per heavy atom. The first kappa shape index (κ1) is 14.3. The third-order valence-electron chi connectivity index (χ3n) is 3.68. The van der Waals surface area contributed by atoms with Crippen LogP contribution in [0, 0.1) is 5.92 Å². The van der Waals surface area contributed by atoms with Crippen molar-refractivity contribution in [1.29, 1.82) is 0 Å². The maximum Gasteiger partial charge on any atom is 0.338 e. The Bertz CT molecular complexity index is 366. The molecule has 1 aliphatic heterocycles. The standard InChI is InChI=1S/C15H22O4/c1-11(2)13-5-3-12(4-6-13)9-19-15(16)14-10-17-7-8-18-14/h3,13-14H,1,4-10H2,2H3/t13-,14-/m0/s1. The van der Waals surface area contributed by atoms with Gasteiger partial charge in [-0.1, -0.05) is 18.2 Å². The molecular weight excluding hydrogens is 244 g/mol. The maximum absolute atomic E-state index is 11.7. The average Bonchev–Trinajstić information content (AvgIpc) is 2.46. The highest BCUT2D eigenvalue weighted by molar-refractivity contribution is 5.75. The van der Waals surface area contributed by atoms with Crippen molar-refractivity contribution in [2.24, 2.45) is 5.92 Å². The molecule has 19 heavy (non-hydrogen) atoms. The molecule has 0 amide bonds. The zero-order valence-corrected chi connectivity index (χ0v) is 11.5. The number of hydrogen-bond donors (Lipinski definition) is 0. The zero-order chi connectivity index (χ0) is 13.7. The number of carbonyl (C=O) groups excluding carboxylic acids is 1. The van der Waals surface area contributed by atoms with Gasteiger partial charge >= 0.3 is 5.97 Å². The molecular formula is C15H22O4. The highest BCUT2D eigenvalue weighted by atomic mass is 16.6. The summed E-state index contributed by atoms with van der Waals surface area (Å²) in [6.07, 6.45) is 4.70. The number of ether oxygens (including phenoxy) is 3. The van der Waals surface area contributed by atoms with E-state index >= 15 is 0 Å². The van der Waals surface area contributed by atoms with Crippen molar-refractivity contribution < 1.29 is 19.0 Å². The molecule has 1 saturated heterocycles. The number of carbonyl (C=O) groups is 1. The first-order chi connectivity index (χ1) is 9.16. The van der Waals surface area contributed by atoms with E-state index in [0.717, 1.165) is 19.3 Å². The molecule has 0 radical (unpaired) electrons. The summed E-state index contributed by atoms with van der Waals surface area (Å²) in [5, 5.41) is 0. The number of allylic oxidation sites excluding steroid dienone is 2. The second-order valence-electron chi connectivity index (χ2n) is 5.22. The fraction of sp³-hybridized carbons (Fsp3) is 0.667. The van der Waals surface area contributed by atoms with E-state index in [0.29, 0.717) is 32.3 Å². The molecule has 0 unspecified atom stereocenters. The largest absolute Gasteiger partial charge is 0.459 e. The maximum atomic E-state index is 11.7. The average molecular weight is 266 g/mol. The Morgan fingerprint density at radius 1 is 1.53 bits per heavy atom. The predicted octanol–water partition coefficient (Wildman–Crippen LogP) is 2.25. The Kier molecular flexibility index (Phi) is 5.16. The third-order valence-corrected chi connectivity index (χ3v) is 3.68. The molecule has 0 aromatic heterocycles. The Balaban J connectivity index is 1.73.